The van der Waals surface area contributed by atoms with Crippen molar-refractivity contribution in [2.24, 2.45) is 0 Å². The molecule has 0 atom stereocenters. The van der Waals surface area contributed by atoms with Crippen LogP contribution in [-0.2, 0) is 0 Å². The summed E-state index contributed by atoms with van der Waals surface area (Å²) < 4.78 is 0. The standard InChI is InChI=1S/C19H21ClO/c1-12(2)14-9-10-15(17(11-14)13(3)4)19(21)16-7-5-6-8-18(16)20/h5-13H,1-4H3. The molecule has 0 saturated heterocycles. The van der Waals surface area contributed by atoms with Gasteiger partial charge in [-0.1, -0.05) is 69.6 Å². The Morgan fingerprint density at radius 3 is 2.14 bits per heavy atom. The molecule has 0 fully saturated rings. The molecule has 0 aliphatic carbocycles. The number of hydrogen-bond acceptors (Lipinski definition) is 1. The second-order valence-corrected chi connectivity index (χ2v) is 6.37. The van der Waals surface area contributed by atoms with Gasteiger partial charge in [-0.15, -0.1) is 0 Å². The first kappa shape index (κ1) is 15.8. The van der Waals surface area contributed by atoms with E-state index in [0.29, 0.717) is 22.4 Å². The van der Waals surface area contributed by atoms with Crippen molar-refractivity contribution in [3.8, 4) is 0 Å². The van der Waals surface area contributed by atoms with Gasteiger partial charge in [0.15, 0.2) is 5.78 Å². The molecule has 2 rings (SSSR count). The predicted octanol–water partition coefficient (Wildman–Crippen LogP) is 5.82. The van der Waals surface area contributed by atoms with E-state index in [1.54, 1.807) is 12.1 Å². The molecule has 0 radical (unpaired) electrons. The third-order valence-corrected chi connectivity index (χ3v) is 4.06. The van der Waals surface area contributed by atoms with Crippen LogP contribution >= 0.6 is 11.6 Å². The number of halogens is 1. The summed E-state index contributed by atoms with van der Waals surface area (Å²) in [5, 5.41) is 0.505. The predicted molar refractivity (Wildman–Crippen MR) is 89.5 cm³/mol. The summed E-state index contributed by atoms with van der Waals surface area (Å²) in [6.07, 6.45) is 0. The summed E-state index contributed by atoms with van der Waals surface area (Å²) in [6.45, 7) is 8.55. The Morgan fingerprint density at radius 2 is 1.57 bits per heavy atom. The molecule has 0 heterocycles. The topological polar surface area (TPSA) is 17.1 Å². The normalized spacial score (nSPS) is 11.2. The van der Waals surface area contributed by atoms with Crippen LogP contribution < -0.4 is 0 Å². The summed E-state index contributed by atoms with van der Waals surface area (Å²) >= 11 is 6.16. The van der Waals surface area contributed by atoms with E-state index in [1.165, 1.54) is 5.56 Å². The molecule has 0 N–H and O–H groups in total. The van der Waals surface area contributed by atoms with Gasteiger partial charge in [-0.05, 0) is 35.1 Å². The van der Waals surface area contributed by atoms with Gasteiger partial charge in [-0.25, -0.2) is 0 Å². The first-order valence-electron chi connectivity index (χ1n) is 7.35. The van der Waals surface area contributed by atoms with Gasteiger partial charge in [-0.3, -0.25) is 4.79 Å². The van der Waals surface area contributed by atoms with Gasteiger partial charge >= 0.3 is 0 Å². The molecule has 21 heavy (non-hydrogen) atoms. The van der Waals surface area contributed by atoms with Crippen LogP contribution in [0.15, 0.2) is 42.5 Å². The number of carbonyl (C=O) groups excluding carboxylic acids is 1. The van der Waals surface area contributed by atoms with Crippen molar-refractivity contribution in [2.75, 3.05) is 0 Å². The molecule has 0 bridgehead atoms. The molecule has 0 aliphatic heterocycles. The largest absolute Gasteiger partial charge is 0.289 e. The summed E-state index contributed by atoms with van der Waals surface area (Å²) in [5.74, 6) is 0.747. The first-order chi connectivity index (χ1) is 9.91. The highest BCUT2D eigenvalue weighted by Crippen LogP contribution is 2.28. The van der Waals surface area contributed by atoms with E-state index < -0.39 is 0 Å². The zero-order valence-corrected chi connectivity index (χ0v) is 13.7. The fraction of sp³-hybridized carbons (Fsp3) is 0.316. The molecule has 0 aromatic heterocycles. The molecular formula is C19H21ClO. The van der Waals surface area contributed by atoms with E-state index in [-0.39, 0.29) is 5.78 Å². The Bertz CT molecular complexity index is 656. The van der Waals surface area contributed by atoms with Crippen molar-refractivity contribution in [3.05, 3.63) is 69.7 Å². The maximum Gasteiger partial charge on any atom is 0.194 e. The minimum absolute atomic E-state index is 0.000365. The second kappa shape index (κ2) is 6.44. The lowest BCUT2D eigenvalue weighted by molar-refractivity contribution is 0.103. The van der Waals surface area contributed by atoms with Gasteiger partial charge in [0.2, 0.25) is 0 Å². The van der Waals surface area contributed by atoms with E-state index in [0.717, 1.165) is 11.1 Å². The van der Waals surface area contributed by atoms with E-state index in [1.807, 2.05) is 24.3 Å². The number of ketones is 1. The molecule has 0 amide bonds. The molecule has 0 saturated carbocycles. The van der Waals surface area contributed by atoms with Crippen molar-refractivity contribution >= 4 is 17.4 Å². The number of benzene rings is 2. The minimum Gasteiger partial charge on any atom is -0.289 e. The van der Waals surface area contributed by atoms with E-state index in [4.69, 9.17) is 11.6 Å². The molecule has 2 heteroatoms. The molecule has 0 spiro atoms. The highest BCUT2D eigenvalue weighted by molar-refractivity contribution is 6.35. The Hall–Kier alpha value is -1.60. The van der Waals surface area contributed by atoms with E-state index in [9.17, 15) is 4.79 Å². The van der Waals surface area contributed by atoms with Crippen molar-refractivity contribution in [3.63, 3.8) is 0 Å². The SMILES string of the molecule is CC(C)c1ccc(C(=O)c2ccccc2Cl)c(C(C)C)c1. The zero-order valence-electron chi connectivity index (χ0n) is 13.0. The molecule has 2 aromatic rings. The molecule has 2 aromatic carbocycles. The molecule has 0 unspecified atom stereocenters. The maximum absolute atomic E-state index is 12.8. The molecule has 110 valence electrons. The third kappa shape index (κ3) is 3.36. The average Bonchev–Trinajstić information content (AvgIpc) is 2.46. The smallest absolute Gasteiger partial charge is 0.194 e. The van der Waals surface area contributed by atoms with Gasteiger partial charge in [-0.2, -0.15) is 0 Å². The van der Waals surface area contributed by atoms with Gasteiger partial charge in [0.05, 0.1) is 5.02 Å². The monoisotopic (exact) mass is 300 g/mol. The fourth-order valence-corrected chi connectivity index (χ4v) is 2.64. The maximum atomic E-state index is 12.8. The first-order valence-corrected chi connectivity index (χ1v) is 7.72. The molecule has 1 nitrogen and oxygen atoms in total. The zero-order chi connectivity index (χ0) is 15.6. The van der Waals surface area contributed by atoms with E-state index >= 15 is 0 Å². The van der Waals surface area contributed by atoms with Crippen molar-refractivity contribution in [1.29, 1.82) is 0 Å². The summed E-state index contributed by atoms with van der Waals surface area (Å²) in [6, 6.07) is 13.4. The minimum atomic E-state index is -0.000365. The second-order valence-electron chi connectivity index (χ2n) is 5.97. The van der Waals surface area contributed by atoms with Crippen LogP contribution in [0.2, 0.25) is 5.02 Å². The average molecular weight is 301 g/mol. The lowest BCUT2D eigenvalue weighted by Crippen LogP contribution is -2.08. The highest BCUT2D eigenvalue weighted by atomic mass is 35.5. The fourth-order valence-electron chi connectivity index (χ4n) is 2.42. The van der Waals surface area contributed by atoms with Crippen LogP contribution in [0, 0.1) is 0 Å². The van der Waals surface area contributed by atoms with Crippen molar-refractivity contribution in [1.82, 2.24) is 0 Å². The van der Waals surface area contributed by atoms with Crippen LogP contribution in [0.1, 0.15) is 66.6 Å². The summed E-state index contributed by atoms with van der Waals surface area (Å²) in [4.78, 5) is 12.8. The number of carbonyl (C=O) groups is 1. The number of rotatable bonds is 4. The Kier molecular flexibility index (Phi) is 4.84. The van der Waals surface area contributed by atoms with Crippen LogP contribution in [-0.4, -0.2) is 5.78 Å². The van der Waals surface area contributed by atoms with Crippen LogP contribution in [0.3, 0.4) is 0 Å². The summed E-state index contributed by atoms with van der Waals surface area (Å²) in [5.41, 5.74) is 3.67. The van der Waals surface area contributed by atoms with Crippen molar-refractivity contribution < 1.29 is 4.79 Å². The van der Waals surface area contributed by atoms with Crippen LogP contribution in [0.5, 0.6) is 0 Å². The third-order valence-electron chi connectivity index (χ3n) is 3.73. The van der Waals surface area contributed by atoms with Crippen LogP contribution in [0.4, 0.5) is 0 Å². The lowest BCUT2D eigenvalue weighted by Gasteiger charge is -2.16. The summed E-state index contributed by atoms with van der Waals surface area (Å²) in [7, 11) is 0. The number of hydrogen-bond donors (Lipinski definition) is 0. The van der Waals surface area contributed by atoms with Gasteiger partial charge in [0.1, 0.15) is 0 Å². The quantitative estimate of drug-likeness (QED) is 0.650. The lowest BCUT2D eigenvalue weighted by atomic mass is 9.88. The molecular weight excluding hydrogens is 280 g/mol. The van der Waals surface area contributed by atoms with Gasteiger partial charge in [0, 0.05) is 11.1 Å². The molecule has 0 aliphatic rings. The van der Waals surface area contributed by atoms with Crippen molar-refractivity contribution in [2.45, 2.75) is 39.5 Å². The van der Waals surface area contributed by atoms with Crippen LogP contribution in [0.25, 0.3) is 0 Å². The van der Waals surface area contributed by atoms with E-state index in [2.05, 4.69) is 33.8 Å². The Morgan fingerprint density at radius 1 is 0.905 bits per heavy atom. The Balaban J connectivity index is 2.53. The Labute approximate surface area is 132 Å². The van der Waals surface area contributed by atoms with Gasteiger partial charge < -0.3 is 0 Å². The highest BCUT2D eigenvalue weighted by Gasteiger charge is 2.18. The van der Waals surface area contributed by atoms with Gasteiger partial charge in [0.25, 0.3) is 0 Å².